The van der Waals surface area contributed by atoms with Crippen LogP contribution in [0.25, 0.3) is 0 Å². The molecule has 1 aromatic carbocycles. The van der Waals surface area contributed by atoms with Crippen LogP contribution in [0, 0.1) is 0 Å². The summed E-state index contributed by atoms with van der Waals surface area (Å²) in [6, 6.07) is 11.0. The zero-order valence-electron chi connectivity index (χ0n) is 21.1. The molecule has 0 aliphatic carbocycles. The highest BCUT2D eigenvalue weighted by Crippen LogP contribution is 2.35. The van der Waals surface area contributed by atoms with Crippen molar-refractivity contribution in [3.05, 3.63) is 68.5 Å². The lowest BCUT2D eigenvalue weighted by Gasteiger charge is -2.27. The largest absolute Gasteiger partial charge is 0.481 e. The Morgan fingerprint density at radius 1 is 1.00 bits per heavy atom. The Hall–Kier alpha value is -3.57. The molecule has 38 heavy (non-hydrogen) atoms. The number of carboxylic acids is 1. The summed E-state index contributed by atoms with van der Waals surface area (Å²) in [7, 11) is 0. The summed E-state index contributed by atoms with van der Waals surface area (Å²) in [6.45, 7) is 2.94. The number of hydrogen-bond acceptors (Lipinski definition) is 7. The molecule has 0 radical (unpaired) electrons. The highest BCUT2D eigenvalue weighted by molar-refractivity contribution is 7.10. The van der Waals surface area contributed by atoms with Crippen molar-refractivity contribution in [2.75, 3.05) is 6.79 Å². The molecule has 0 fully saturated rings. The van der Waals surface area contributed by atoms with E-state index in [4.69, 9.17) is 9.47 Å². The Morgan fingerprint density at radius 3 is 2.29 bits per heavy atom. The number of carbonyl (C=O) groups excluding carboxylic acids is 2. The molecule has 1 aliphatic rings. The maximum Gasteiger partial charge on any atom is 0.318 e. The van der Waals surface area contributed by atoms with Crippen LogP contribution in [0.2, 0.25) is 0 Å². The van der Waals surface area contributed by atoms with Crippen molar-refractivity contribution in [2.24, 2.45) is 0 Å². The summed E-state index contributed by atoms with van der Waals surface area (Å²) in [5, 5.41) is 19.2. The number of carbonyl (C=O) groups is 3. The predicted molar refractivity (Wildman–Crippen MR) is 145 cm³/mol. The second-order valence-electron chi connectivity index (χ2n) is 8.93. The van der Waals surface area contributed by atoms with Crippen LogP contribution in [0.4, 0.5) is 4.79 Å². The molecule has 0 spiro atoms. The fourth-order valence-corrected chi connectivity index (χ4v) is 5.57. The topological polar surface area (TPSA) is 117 Å². The van der Waals surface area contributed by atoms with Crippen LogP contribution in [0.3, 0.4) is 0 Å². The van der Waals surface area contributed by atoms with Gasteiger partial charge in [-0.1, -0.05) is 38.0 Å². The Kier molecular flexibility index (Phi) is 9.61. The third-order valence-electron chi connectivity index (χ3n) is 6.10. The number of hydrogen-bond donors (Lipinski definition) is 3. The minimum Gasteiger partial charge on any atom is -0.481 e. The molecule has 1 aliphatic heterocycles. The first-order valence-electron chi connectivity index (χ1n) is 12.4. The molecule has 2 atom stereocenters. The number of rotatable bonds is 13. The SMILES string of the molecule is CCCC[C@H](NC(=O)N(Cc1cccs1)Cc1cccs1)C(=O)N[C@H](CC(=O)O)c1ccc2c(c1)OCO2. The van der Waals surface area contributed by atoms with E-state index in [0.29, 0.717) is 36.6 Å². The van der Waals surface area contributed by atoms with Gasteiger partial charge in [0.1, 0.15) is 6.04 Å². The molecule has 3 aromatic rings. The highest BCUT2D eigenvalue weighted by atomic mass is 32.1. The summed E-state index contributed by atoms with van der Waals surface area (Å²) in [5.74, 6) is -0.414. The third kappa shape index (κ3) is 7.48. The number of benzene rings is 1. The Balaban J connectivity index is 1.49. The van der Waals surface area contributed by atoms with Crippen LogP contribution in [0.15, 0.2) is 53.2 Å². The zero-order valence-corrected chi connectivity index (χ0v) is 22.7. The van der Waals surface area contributed by atoms with Gasteiger partial charge >= 0.3 is 12.0 Å². The van der Waals surface area contributed by atoms with Gasteiger partial charge in [0.2, 0.25) is 12.7 Å². The molecule has 3 amide bonds. The van der Waals surface area contributed by atoms with E-state index in [0.717, 1.165) is 22.6 Å². The molecule has 4 rings (SSSR count). The zero-order chi connectivity index (χ0) is 26.9. The van der Waals surface area contributed by atoms with Gasteiger partial charge in [-0.25, -0.2) is 4.79 Å². The Morgan fingerprint density at radius 2 is 1.68 bits per heavy atom. The van der Waals surface area contributed by atoms with Crippen molar-refractivity contribution in [1.29, 1.82) is 0 Å². The molecule has 0 unspecified atom stereocenters. The lowest BCUT2D eigenvalue weighted by Crippen LogP contribution is -2.51. The number of urea groups is 1. The molecule has 202 valence electrons. The molecule has 9 nitrogen and oxygen atoms in total. The molecular weight excluding hydrogens is 526 g/mol. The van der Waals surface area contributed by atoms with Gasteiger partial charge in [0.05, 0.1) is 25.6 Å². The van der Waals surface area contributed by atoms with Gasteiger partial charge in [0.25, 0.3) is 0 Å². The summed E-state index contributed by atoms with van der Waals surface area (Å²) >= 11 is 3.14. The van der Waals surface area contributed by atoms with Gasteiger partial charge in [0.15, 0.2) is 11.5 Å². The fourth-order valence-electron chi connectivity index (χ4n) is 4.13. The van der Waals surface area contributed by atoms with Crippen molar-refractivity contribution in [1.82, 2.24) is 15.5 Å². The van der Waals surface area contributed by atoms with Crippen LogP contribution in [0.1, 0.15) is 54.0 Å². The molecule has 0 saturated heterocycles. The van der Waals surface area contributed by atoms with Gasteiger partial charge in [0, 0.05) is 9.75 Å². The smallest absolute Gasteiger partial charge is 0.318 e. The first kappa shape index (κ1) is 27.5. The predicted octanol–water partition coefficient (Wildman–Crippen LogP) is 5.14. The Labute approximate surface area is 229 Å². The van der Waals surface area contributed by atoms with Crippen molar-refractivity contribution < 1.29 is 29.0 Å². The van der Waals surface area contributed by atoms with Crippen LogP contribution in [-0.2, 0) is 22.7 Å². The maximum atomic E-state index is 13.5. The molecule has 2 aromatic heterocycles. The number of ether oxygens (including phenoxy) is 2. The summed E-state index contributed by atoms with van der Waals surface area (Å²) in [5.41, 5.74) is 0.586. The maximum absolute atomic E-state index is 13.5. The number of carboxylic acid groups (broad SMARTS) is 1. The number of nitrogens with zero attached hydrogens (tertiary/aromatic N) is 1. The monoisotopic (exact) mass is 557 g/mol. The van der Waals surface area contributed by atoms with E-state index >= 15 is 0 Å². The van der Waals surface area contributed by atoms with Crippen LogP contribution in [0.5, 0.6) is 11.5 Å². The lowest BCUT2D eigenvalue weighted by atomic mass is 10.0. The van der Waals surface area contributed by atoms with Gasteiger partial charge < -0.3 is 30.1 Å². The van der Waals surface area contributed by atoms with E-state index < -0.39 is 24.0 Å². The molecular formula is C27H31N3O6S2. The normalized spacial score (nSPS) is 13.5. The quantitative estimate of drug-likeness (QED) is 0.268. The number of thiophene rings is 2. The van der Waals surface area contributed by atoms with Gasteiger partial charge in [-0.3, -0.25) is 9.59 Å². The minimum atomic E-state index is -1.06. The van der Waals surface area contributed by atoms with Crippen LogP contribution < -0.4 is 20.1 Å². The first-order chi connectivity index (χ1) is 18.4. The van der Waals surface area contributed by atoms with E-state index in [1.54, 1.807) is 45.8 Å². The van der Waals surface area contributed by atoms with Gasteiger partial charge in [-0.15, -0.1) is 22.7 Å². The lowest BCUT2D eigenvalue weighted by molar-refractivity contribution is -0.137. The van der Waals surface area contributed by atoms with Crippen molar-refractivity contribution in [2.45, 2.75) is 57.8 Å². The number of amides is 3. The molecule has 0 saturated carbocycles. The van der Waals surface area contributed by atoms with E-state index in [1.165, 1.54) is 0 Å². The third-order valence-corrected chi connectivity index (χ3v) is 7.82. The summed E-state index contributed by atoms with van der Waals surface area (Å²) in [4.78, 5) is 42.3. The van der Waals surface area contributed by atoms with Crippen LogP contribution in [-0.4, -0.2) is 40.7 Å². The molecule has 3 heterocycles. The highest BCUT2D eigenvalue weighted by Gasteiger charge is 2.28. The van der Waals surface area contributed by atoms with E-state index in [1.807, 2.05) is 41.9 Å². The van der Waals surface area contributed by atoms with Gasteiger partial charge in [-0.05, 0) is 47.0 Å². The van der Waals surface area contributed by atoms with E-state index in [2.05, 4.69) is 10.6 Å². The fraction of sp³-hybridized carbons (Fsp3) is 0.370. The number of nitrogens with one attached hydrogen (secondary N) is 2. The average molecular weight is 558 g/mol. The average Bonchev–Trinajstić information content (AvgIpc) is 3.68. The van der Waals surface area contributed by atoms with Crippen LogP contribution >= 0.6 is 22.7 Å². The standard InChI is InChI=1S/C27H31N3O6S2/c1-2-3-8-21(29-27(34)30(15-19-6-4-11-37-19)16-20-7-5-12-38-20)26(33)28-22(14-25(31)32)18-9-10-23-24(13-18)36-17-35-23/h4-7,9-13,21-22H,2-3,8,14-17H2,1H3,(H,28,33)(H,29,34)(H,31,32)/t21-,22+/m0/s1. The number of fused-ring (bicyclic) bond motifs is 1. The van der Waals surface area contributed by atoms with Gasteiger partial charge in [-0.2, -0.15) is 0 Å². The summed E-state index contributed by atoms with van der Waals surface area (Å²) < 4.78 is 10.8. The number of unbranched alkanes of at least 4 members (excludes halogenated alkanes) is 1. The molecule has 11 heteroatoms. The minimum absolute atomic E-state index is 0.0906. The van der Waals surface area contributed by atoms with Crippen molar-refractivity contribution in [3.8, 4) is 11.5 Å². The van der Waals surface area contributed by atoms with E-state index in [9.17, 15) is 19.5 Å². The first-order valence-corrected chi connectivity index (χ1v) is 14.2. The second-order valence-corrected chi connectivity index (χ2v) is 11.0. The second kappa shape index (κ2) is 13.3. The van der Waals surface area contributed by atoms with E-state index in [-0.39, 0.29) is 19.2 Å². The van der Waals surface area contributed by atoms with Crippen molar-refractivity contribution in [3.63, 3.8) is 0 Å². The summed E-state index contributed by atoms with van der Waals surface area (Å²) in [6.07, 6.45) is 1.68. The number of aliphatic carboxylic acids is 1. The molecule has 3 N–H and O–H groups in total. The Bertz CT molecular complexity index is 1180. The van der Waals surface area contributed by atoms with Crippen molar-refractivity contribution >= 4 is 40.6 Å². The molecule has 0 bridgehead atoms.